The van der Waals surface area contributed by atoms with Crippen LogP contribution in [0.25, 0.3) is 0 Å². The Hall–Kier alpha value is -2.08. The van der Waals surface area contributed by atoms with Crippen molar-refractivity contribution in [1.29, 1.82) is 0 Å². The average molecular weight is 376 g/mol. The zero-order chi connectivity index (χ0) is 20.1. The molecule has 0 aromatic heterocycles. The van der Waals surface area contributed by atoms with Gasteiger partial charge in [0.2, 0.25) is 0 Å². The Morgan fingerprint density at radius 2 is 1.74 bits per heavy atom. The van der Waals surface area contributed by atoms with Crippen LogP contribution < -0.4 is 0 Å². The second kappa shape index (κ2) is 8.74. The lowest BCUT2D eigenvalue weighted by Crippen LogP contribution is -2.54. The highest BCUT2D eigenvalue weighted by atomic mass is 16.7. The van der Waals surface area contributed by atoms with E-state index in [9.17, 15) is 9.59 Å². The second-order valence-electron chi connectivity index (χ2n) is 8.01. The lowest BCUT2D eigenvalue weighted by atomic mass is 9.72. The molecular formula is C21H32N2O4. The summed E-state index contributed by atoms with van der Waals surface area (Å²) in [6.45, 7) is 9.06. The molecule has 1 aromatic rings. The highest BCUT2D eigenvalue weighted by Crippen LogP contribution is 2.38. The molecule has 6 nitrogen and oxygen atoms in total. The summed E-state index contributed by atoms with van der Waals surface area (Å²) in [5, 5.41) is 1.45. The van der Waals surface area contributed by atoms with Crippen LogP contribution in [-0.2, 0) is 19.8 Å². The molecular weight excluding hydrogens is 344 g/mol. The minimum atomic E-state index is -0.690. The fourth-order valence-corrected chi connectivity index (χ4v) is 3.50. The lowest BCUT2D eigenvalue weighted by molar-refractivity contribution is -0.184. The van der Waals surface area contributed by atoms with Crippen molar-refractivity contribution in [3.8, 4) is 0 Å². The number of benzene rings is 1. The maximum Gasteiger partial charge on any atom is 0.410 e. The standard InChI is InChI=1S/C21H32N2O4/c1-6-14-23(26-5)18(24)21(17-10-8-7-9-11-17)12-15-22(16-13-21)19(25)27-20(2,3)4/h7-11H,6,12-16H2,1-5H3. The van der Waals surface area contributed by atoms with Gasteiger partial charge < -0.3 is 9.64 Å². The molecule has 0 N–H and O–H groups in total. The molecule has 1 aliphatic rings. The number of nitrogens with zero attached hydrogens (tertiary/aromatic N) is 2. The van der Waals surface area contributed by atoms with Crippen LogP contribution in [0.1, 0.15) is 52.5 Å². The Morgan fingerprint density at radius 3 is 2.22 bits per heavy atom. The maximum absolute atomic E-state index is 13.4. The molecule has 0 saturated carbocycles. The number of ether oxygens (including phenoxy) is 1. The van der Waals surface area contributed by atoms with Crippen molar-refractivity contribution in [3.63, 3.8) is 0 Å². The molecule has 1 aromatic carbocycles. The minimum absolute atomic E-state index is 0.0399. The summed E-state index contributed by atoms with van der Waals surface area (Å²) in [4.78, 5) is 32.9. The van der Waals surface area contributed by atoms with Gasteiger partial charge in [0.25, 0.3) is 5.91 Å². The zero-order valence-corrected chi connectivity index (χ0v) is 17.2. The van der Waals surface area contributed by atoms with Gasteiger partial charge in [0, 0.05) is 19.6 Å². The molecule has 0 aliphatic carbocycles. The number of hydroxylamine groups is 2. The van der Waals surface area contributed by atoms with E-state index in [0.29, 0.717) is 32.5 Å². The molecule has 0 unspecified atom stereocenters. The van der Waals surface area contributed by atoms with Crippen LogP contribution in [0.2, 0.25) is 0 Å². The Morgan fingerprint density at radius 1 is 1.15 bits per heavy atom. The lowest BCUT2D eigenvalue weighted by Gasteiger charge is -2.43. The number of hydrogen-bond acceptors (Lipinski definition) is 4. The van der Waals surface area contributed by atoms with Crippen molar-refractivity contribution in [1.82, 2.24) is 9.96 Å². The number of likely N-dealkylation sites (tertiary alicyclic amines) is 1. The van der Waals surface area contributed by atoms with E-state index in [-0.39, 0.29) is 12.0 Å². The smallest absolute Gasteiger partial charge is 0.410 e. The SMILES string of the molecule is CCCN(OC)C(=O)C1(c2ccccc2)CCN(C(=O)OC(C)(C)C)CC1. The van der Waals surface area contributed by atoms with Crippen LogP contribution >= 0.6 is 0 Å². The summed E-state index contributed by atoms with van der Waals surface area (Å²) in [6.07, 6.45) is 1.57. The van der Waals surface area contributed by atoms with E-state index in [1.807, 2.05) is 58.0 Å². The quantitative estimate of drug-likeness (QED) is 0.734. The number of hydrogen-bond donors (Lipinski definition) is 0. The summed E-state index contributed by atoms with van der Waals surface area (Å²) in [6, 6.07) is 9.81. The molecule has 1 saturated heterocycles. The molecule has 0 bridgehead atoms. The van der Waals surface area contributed by atoms with Crippen molar-refractivity contribution in [2.45, 2.75) is 58.0 Å². The molecule has 6 heteroatoms. The van der Waals surface area contributed by atoms with Gasteiger partial charge in [-0.15, -0.1) is 0 Å². The molecule has 1 aliphatic heterocycles. The van der Waals surface area contributed by atoms with Gasteiger partial charge in [0.15, 0.2) is 0 Å². The number of carbonyl (C=O) groups is 2. The number of piperidine rings is 1. The van der Waals surface area contributed by atoms with Crippen LogP contribution in [0.5, 0.6) is 0 Å². The van der Waals surface area contributed by atoms with Gasteiger partial charge in [-0.25, -0.2) is 9.86 Å². The normalized spacial score (nSPS) is 16.7. The van der Waals surface area contributed by atoms with Gasteiger partial charge >= 0.3 is 6.09 Å². The third kappa shape index (κ3) is 5.01. The first-order chi connectivity index (χ1) is 12.7. The molecule has 0 spiro atoms. The van der Waals surface area contributed by atoms with Gasteiger partial charge in [0.05, 0.1) is 12.5 Å². The van der Waals surface area contributed by atoms with Crippen LogP contribution in [0.4, 0.5) is 4.79 Å². The van der Waals surface area contributed by atoms with Gasteiger partial charge in [-0.3, -0.25) is 9.63 Å². The van der Waals surface area contributed by atoms with Crippen LogP contribution in [-0.4, -0.2) is 54.3 Å². The third-order valence-corrected chi connectivity index (χ3v) is 4.88. The molecule has 0 atom stereocenters. The molecule has 1 heterocycles. The Bertz CT molecular complexity index is 631. The van der Waals surface area contributed by atoms with Gasteiger partial charge in [0.1, 0.15) is 5.60 Å². The summed E-state index contributed by atoms with van der Waals surface area (Å²) < 4.78 is 5.49. The van der Waals surface area contributed by atoms with Crippen molar-refractivity contribution < 1.29 is 19.2 Å². The highest BCUT2D eigenvalue weighted by Gasteiger charge is 2.46. The van der Waals surface area contributed by atoms with Crippen molar-refractivity contribution in [2.24, 2.45) is 0 Å². The Labute approximate surface area is 162 Å². The summed E-state index contributed by atoms with van der Waals surface area (Å²) in [5.41, 5.74) is -0.253. The zero-order valence-electron chi connectivity index (χ0n) is 17.2. The van der Waals surface area contributed by atoms with Gasteiger partial charge in [-0.1, -0.05) is 37.3 Å². The molecule has 0 radical (unpaired) electrons. The summed E-state index contributed by atoms with van der Waals surface area (Å²) >= 11 is 0. The molecule has 2 amide bonds. The molecule has 27 heavy (non-hydrogen) atoms. The first kappa shape index (κ1) is 21.2. The largest absolute Gasteiger partial charge is 0.444 e. The van der Waals surface area contributed by atoms with Crippen LogP contribution in [0.3, 0.4) is 0 Å². The van der Waals surface area contributed by atoms with E-state index in [1.54, 1.807) is 4.90 Å². The van der Waals surface area contributed by atoms with E-state index < -0.39 is 11.0 Å². The first-order valence-electron chi connectivity index (χ1n) is 9.63. The van der Waals surface area contributed by atoms with Crippen LogP contribution in [0.15, 0.2) is 30.3 Å². The predicted molar refractivity (Wildman–Crippen MR) is 104 cm³/mol. The molecule has 2 rings (SSSR count). The number of amides is 2. The highest BCUT2D eigenvalue weighted by molar-refractivity contribution is 5.88. The van der Waals surface area contributed by atoms with E-state index in [4.69, 9.17) is 9.57 Å². The van der Waals surface area contributed by atoms with E-state index in [2.05, 4.69) is 0 Å². The maximum atomic E-state index is 13.4. The molecule has 1 fully saturated rings. The van der Waals surface area contributed by atoms with E-state index >= 15 is 0 Å². The van der Waals surface area contributed by atoms with Crippen molar-refractivity contribution in [2.75, 3.05) is 26.7 Å². The Kier molecular flexibility index (Phi) is 6.87. The monoisotopic (exact) mass is 376 g/mol. The van der Waals surface area contributed by atoms with Gasteiger partial charge in [-0.2, -0.15) is 0 Å². The van der Waals surface area contributed by atoms with E-state index in [0.717, 1.165) is 12.0 Å². The minimum Gasteiger partial charge on any atom is -0.444 e. The number of carbonyl (C=O) groups excluding carboxylic acids is 2. The van der Waals surface area contributed by atoms with Crippen molar-refractivity contribution >= 4 is 12.0 Å². The van der Waals surface area contributed by atoms with Crippen molar-refractivity contribution in [3.05, 3.63) is 35.9 Å². The topological polar surface area (TPSA) is 59.1 Å². The summed E-state index contributed by atoms with van der Waals surface area (Å²) in [5.74, 6) is -0.0399. The fourth-order valence-electron chi connectivity index (χ4n) is 3.50. The fraction of sp³-hybridized carbons (Fsp3) is 0.619. The molecule has 150 valence electrons. The number of rotatable bonds is 5. The van der Waals surface area contributed by atoms with E-state index in [1.165, 1.54) is 12.2 Å². The first-order valence-corrected chi connectivity index (χ1v) is 9.63. The second-order valence-corrected chi connectivity index (χ2v) is 8.01. The Balaban J connectivity index is 2.24. The van der Waals surface area contributed by atoms with Crippen LogP contribution in [0, 0.1) is 0 Å². The average Bonchev–Trinajstić information content (AvgIpc) is 2.65. The third-order valence-electron chi connectivity index (χ3n) is 4.88. The predicted octanol–water partition coefficient (Wildman–Crippen LogP) is 3.76. The van der Waals surface area contributed by atoms with Gasteiger partial charge in [-0.05, 0) is 45.6 Å². The summed E-state index contributed by atoms with van der Waals surface area (Å²) in [7, 11) is 1.53.